The Balaban J connectivity index is 2.27. The SMILES string of the molecule is O=C(O)/C=C(\[Se]c1ccccc1)c1cccs1. The van der Waals surface area contributed by atoms with Crippen molar-refractivity contribution in [3.05, 3.63) is 58.8 Å². The molecule has 1 aromatic carbocycles. The van der Waals surface area contributed by atoms with Gasteiger partial charge in [0, 0.05) is 0 Å². The van der Waals surface area contributed by atoms with Crippen LogP contribution in [0, 0.1) is 0 Å². The van der Waals surface area contributed by atoms with E-state index >= 15 is 0 Å². The van der Waals surface area contributed by atoms with Crippen LogP contribution in [-0.2, 0) is 4.79 Å². The van der Waals surface area contributed by atoms with Crippen LogP contribution >= 0.6 is 11.3 Å². The Hall–Kier alpha value is -1.35. The summed E-state index contributed by atoms with van der Waals surface area (Å²) in [4.78, 5) is 11.9. The zero-order valence-corrected chi connectivity index (χ0v) is 11.4. The van der Waals surface area contributed by atoms with Crippen LogP contribution in [0.25, 0.3) is 4.47 Å². The summed E-state index contributed by atoms with van der Waals surface area (Å²) in [5, 5.41) is 10.9. The number of carboxylic acid groups (broad SMARTS) is 1. The summed E-state index contributed by atoms with van der Waals surface area (Å²) < 4.78 is 2.09. The van der Waals surface area contributed by atoms with E-state index in [0.29, 0.717) is 0 Å². The van der Waals surface area contributed by atoms with Crippen molar-refractivity contribution in [2.75, 3.05) is 0 Å². The van der Waals surface area contributed by atoms with Gasteiger partial charge in [-0.15, -0.1) is 0 Å². The van der Waals surface area contributed by atoms with Crippen LogP contribution < -0.4 is 4.46 Å². The fourth-order valence-electron chi connectivity index (χ4n) is 1.30. The average Bonchev–Trinajstić information content (AvgIpc) is 2.82. The van der Waals surface area contributed by atoms with E-state index in [4.69, 9.17) is 5.11 Å². The third-order valence-corrected chi connectivity index (χ3v) is 5.42. The Morgan fingerprint density at radius 1 is 1.18 bits per heavy atom. The molecule has 0 aliphatic rings. The van der Waals surface area contributed by atoms with Gasteiger partial charge in [0.15, 0.2) is 0 Å². The van der Waals surface area contributed by atoms with Gasteiger partial charge >= 0.3 is 110 Å². The average molecular weight is 309 g/mol. The molecule has 2 aromatic rings. The second-order valence-electron chi connectivity index (χ2n) is 3.24. The van der Waals surface area contributed by atoms with E-state index < -0.39 is 5.97 Å². The Morgan fingerprint density at radius 3 is 2.53 bits per heavy atom. The summed E-state index contributed by atoms with van der Waals surface area (Å²) in [7, 11) is 0. The maximum absolute atomic E-state index is 10.8. The van der Waals surface area contributed by atoms with E-state index in [1.54, 1.807) is 11.3 Å². The minimum absolute atomic E-state index is 0.0322. The first kappa shape index (κ1) is 12.1. The molecule has 0 saturated carbocycles. The molecular formula is C13H10O2SSe. The number of benzene rings is 1. The fourth-order valence-corrected chi connectivity index (χ4v) is 4.29. The molecule has 4 heteroatoms. The Morgan fingerprint density at radius 2 is 1.94 bits per heavy atom. The molecule has 1 aromatic heterocycles. The van der Waals surface area contributed by atoms with Gasteiger partial charge in [0.05, 0.1) is 0 Å². The van der Waals surface area contributed by atoms with Crippen LogP contribution in [-0.4, -0.2) is 26.0 Å². The van der Waals surface area contributed by atoms with Gasteiger partial charge in [0.1, 0.15) is 0 Å². The van der Waals surface area contributed by atoms with Crippen molar-refractivity contribution in [2.24, 2.45) is 0 Å². The summed E-state index contributed by atoms with van der Waals surface area (Å²) >= 11 is 1.61. The number of carbonyl (C=O) groups is 1. The molecular weight excluding hydrogens is 299 g/mol. The summed E-state index contributed by atoms with van der Waals surface area (Å²) in [6.45, 7) is 0. The minimum atomic E-state index is -0.883. The van der Waals surface area contributed by atoms with Crippen molar-refractivity contribution in [2.45, 2.75) is 0 Å². The van der Waals surface area contributed by atoms with Gasteiger partial charge in [-0.3, -0.25) is 0 Å². The molecule has 1 heterocycles. The normalized spacial score (nSPS) is 11.4. The number of carboxylic acids is 1. The Labute approximate surface area is 110 Å². The van der Waals surface area contributed by atoms with E-state index in [2.05, 4.69) is 0 Å². The molecule has 0 spiro atoms. The molecule has 2 rings (SSSR count). The zero-order valence-electron chi connectivity index (χ0n) is 8.87. The summed E-state index contributed by atoms with van der Waals surface area (Å²) in [5.74, 6) is -0.883. The number of hydrogen-bond donors (Lipinski definition) is 1. The summed E-state index contributed by atoms with van der Waals surface area (Å²) in [5.41, 5.74) is 0. The molecule has 0 atom stereocenters. The van der Waals surface area contributed by atoms with E-state index in [1.165, 1.54) is 10.5 Å². The molecule has 0 aliphatic heterocycles. The van der Waals surface area contributed by atoms with Gasteiger partial charge in [-0.05, 0) is 0 Å². The Bertz CT molecular complexity index is 518. The number of aliphatic carboxylic acids is 1. The summed E-state index contributed by atoms with van der Waals surface area (Å²) in [6, 6.07) is 13.9. The van der Waals surface area contributed by atoms with Crippen molar-refractivity contribution < 1.29 is 9.90 Å². The molecule has 0 fully saturated rings. The molecule has 0 radical (unpaired) electrons. The van der Waals surface area contributed by atoms with Gasteiger partial charge in [-0.1, -0.05) is 0 Å². The predicted molar refractivity (Wildman–Crippen MR) is 71.8 cm³/mol. The van der Waals surface area contributed by atoms with Crippen LogP contribution in [0.1, 0.15) is 4.88 Å². The first-order chi connectivity index (χ1) is 8.25. The molecule has 0 bridgehead atoms. The maximum atomic E-state index is 10.8. The third-order valence-electron chi connectivity index (χ3n) is 1.99. The fraction of sp³-hybridized carbons (Fsp3) is 0. The molecule has 0 aliphatic carbocycles. The monoisotopic (exact) mass is 310 g/mol. The predicted octanol–water partition coefficient (Wildman–Crippen LogP) is 2.20. The van der Waals surface area contributed by atoms with Gasteiger partial charge in [0.2, 0.25) is 0 Å². The quantitative estimate of drug-likeness (QED) is 0.694. The topological polar surface area (TPSA) is 37.3 Å². The second-order valence-corrected chi connectivity index (χ2v) is 6.53. The van der Waals surface area contributed by atoms with Crippen LogP contribution in [0.15, 0.2) is 53.9 Å². The van der Waals surface area contributed by atoms with Crippen molar-refractivity contribution in [3.63, 3.8) is 0 Å². The van der Waals surface area contributed by atoms with Crippen LogP contribution in [0.3, 0.4) is 0 Å². The number of hydrogen-bond acceptors (Lipinski definition) is 2. The van der Waals surface area contributed by atoms with Crippen molar-refractivity contribution >= 4 is 41.2 Å². The molecule has 0 saturated heterocycles. The van der Waals surface area contributed by atoms with Gasteiger partial charge in [-0.25, -0.2) is 0 Å². The molecule has 86 valence electrons. The molecule has 17 heavy (non-hydrogen) atoms. The van der Waals surface area contributed by atoms with Crippen molar-refractivity contribution in [3.8, 4) is 0 Å². The van der Waals surface area contributed by atoms with Crippen LogP contribution in [0.2, 0.25) is 0 Å². The molecule has 1 N–H and O–H groups in total. The first-order valence-corrected chi connectivity index (χ1v) is 7.56. The van der Waals surface area contributed by atoms with Gasteiger partial charge in [-0.2, -0.15) is 0 Å². The standard InChI is InChI=1S/C13H10O2SSe/c14-13(15)9-12(11-7-4-8-16-11)17-10-5-2-1-3-6-10/h1-9H,(H,14,15)/b12-9-. The van der Waals surface area contributed by atoms with Crippen molar-refractivity contribution in [1.82, 2.24) is 0 Å². The molecule has 0 amide bonds. The van der Waals surface area contributed by atoms with E-state index in [-0.39, 0.29) is 15.0 Å². The second kappa shape index (κ2) is 5.82. The van der Waals surface area contributed by atoms with E-state index in [0.717, 1.165) is 9.35 Å². The van der Waals surface area contributed by atoms with E-state index in [9.17, 15) is 4.79 Å². The number of thiophene rings is 1. The molecule has 0 unspecified atom stereocenters. The van der Waals surface area contributed by atoms with Gasteiger partial charge < -0.3 is 0 Å². The zero-order chi connectivity index (χ0) is 12.1. The molecule has 2 nitrogen and oxygen atoms in total. The number of rotatable bonds is 4. The van der Waals surface area contributed by atoms with E-state index in [1.807, 2.05) is 47.8 Å². The first-order valence-electron chi connectivity index (χ1n) is 4.97. The van der Waals surface area contributed by atoms with Gasteiger partial charge in [0.25, 0.3) is 0 Å². The Kier molecular flexibility index (Phi) is 4.15. The third kappa shape index (κ3) is 3.56. The van der Waals surface area contributed by atoms with Crippen LogP contribution in [0.5, 0.6) is 0 Å². The van der Waals surface area contributed by atoms with Crippen LogP contribution in [0.4, 0.5) is 0 Å². The van der Waals surface area contributed by atoms with Crippen molar-refractivity contribution in [1.29, 1.82) is 0 Å². The summed E-state index contributed by atoms with van der Waals surface area (Å²) in [6.07, 6.45) is 1.32.